The van der Waals surface area contributed by atoms with Crippen LogP contribution >= 0.6 is 0 Å². The van der Waals surface area contributed by atoms with E-state index in [2.05, 4.69) is 22.2 Å². The molecule has 2 atom stereocenters. The van der Waals surface area contributed by atoms with E-state index in [4.69, 9.17) is 4.74 Å². The fourth-order valence-corrected chi connectivity index (χ4v) is 2.50. The second-order valence-electron chi connectivity index (χ2n) is 5.36. The van der Waals surface area contributed by atoms with Gasteiger partial charge in [0.15, 0.2) is 0 Å². The maximum Gasteiger partial charge on any atom is 0.451 e. The molecule has 0 amide bonds. The summed E-state index contributed by atoms with van der Waals surface area (Å²) in [6.45, 7) is 4.33. The minimum Gasteiger partial charge on any atom is -0.474 e. The van der Waals surface area contributed by atoms with Gasteiger partial charge in [0.1, 0.15) is 11.9 Å². The number of rotatable bonds is 4. The first-order valence-electron chi connectivity index (χ1n) is 7.27. The first kappa shape index (κ1) is 15.9. The van der Waals surface area contributed by atoms with Crippen molar-refractivity contribution in [3.05, 3.63) is 11.9 Å². The lowest BCUT2D eigenvalue weighted by Crippen LogP contribution is -2.29. The van der Waals surface area contributed by atoms with E-state index < -0.39 is 12.0 Å². The molecule has 1 aromatic rings. The van der Waals surface area contributed by atoms with Crippen LogP contribution in [0, 0.1) is 5.92 Å². The summed E-state index contributed by atoms with van der Waals surface area (Å²) in [7, 11) is 0. The van der Waals surface area contributed by atoms with Crippen molar-refractivity contribution in [1.29, 1.82) is 0 Å². The Balaban J connectivity index is 2.22. The zero-order valence-corrected chi connectivity index (χ0v) is 12.2. The fourth-order valence-electron chi connectivity index (χ4n) is 2.50. The van der Waals surface area contributed by atoms with Crippen molar-refractivity contribution in [2.75, 3.05) is 11.9 Å². The van der Waals surface area contributed by atoms with Gasteiger partial charge in [0.25, 0.3) is 0 Å². The molecule has 1 fully saturated rings. The third-order valence-corrected chi connectivity index (χ3v) is 3.62. The highest BCUT2D eigenvalue weighted by atomic mass is 19.4. The van der Waals surface area contributed by atoms with Gasteiger partial charge in [-0.05, 0) is 32.1 Å². The molecule has 1 N–H and O–H groups in total. The normalized spacial score (nSPS) is 22.9. The van der Waals surface area contributed by atoms with Gasteiger partial charge in [-0.1, -0.05) is 13.3 Å². The smallest absolute Gasteiger partial charge is 0.451 e. The van der Waals surface area contributed by atoms with Crippen molar-refractivity contribution < 1.29 is 17.9 Å². The van der Waals surface area contributed by atoms with Crippen LogP contribution in [0.25, 0.3) is 0 Å². The molecular weight excluding hydrogens is 283 g/mol. The first-order chi connectivity index (χ1) is 9.90. The number of anilines is 1. The molecule has 2 unspecified atom stereocenters. The summed E-state index contributed by atoms with van der Waals surface area (Å²) in [6, 6.07) is 1.43. The molecule has 0 bridgehead atoms. The van der Waals surface area contributed by atoms with Gasteiger partial charge in [-0.3, -0.25) is 0 Å². The van der Waals surface area contributed by atoms with Crippen molar-refractivity contribution in [2.45, 2.75) is 51.8 Å². The third-order valence-electron chi connectivity index (χ3n) is 3.62. The largest absolute Gasteiger partial charge is 0.474 e. The molecule has 0 aliphatic heterocycles. The summed E-state index contributed by atoms with van der Waals surface area (Å²) < 4.78 is 44.2. The first-order valence-corrected chi connectivity index (χ1v) is 7.27. The van der Waals surface area contributed by atoms with Gasteiger partial charge in [0.2, 0.25) is 11.7 Å². The standard InChI is InChI=1S/C14H20F3N3O/c1-3-18-11-8-12(20-13(19-11)14(15,16)17)21-10-7-5-4-6-9(10)2/h8-10H,3-7H2,1-2H3,(H,18,19,20). The Morgan fingerprint density at radius 2 is 2.00 bits per heavy atom. The minimum absolute atomic E-state index is 0.00738. The molecule has 118 valence electrons. The maximum absolute atomic E-state index is 12.8. The minimum atomic E-state index is -4.58. The lowest BCUT2D eigenvalue weighted by Gasteiger charge is -2.29. The van der Waals surface area contributed by atoms with Crippen LogP contribution in [0.5, 0.6) is 5.88 Å². The van der Waals surface area contributed by atoms with Crippen molar-refractivity contribution in [3.8, 4) is 5.88 Å². The Morgan fingerprint density at radius 1 is 1.29 bits per heavy atom. The lowest BCUT2D eigenvalue weighted by atomic mass is 9.88. The number of hydrogen-bond acceptors (Lipinski definition) is 4. The summed E-state index contributed by atoms with van der Waals surface area (Å²) in [5.74, 6) is -0.713. The molecule has 1 aromatic heterocycles. The van der Waals surface area contributed by atoms with Gasteiger partial charge in [-0.2, -0.15) is 18.2 Å². The number of alkyl halides is 3. The Bertz CT molecular complexity index is 479. The van der Waals surface area contributed by atoms with E-state index in [1.54, 1.807) is 6.92 Å². The number of nitrogens with zero attached hydrogens (tertiary/aromatic N) is 2. The van der Waals surface area contributed by atoms with E-state index in [0.717, 1.165) is 25.7 Å². The molecule has 21 heavy (non-hydrogen) atoms. The molecule has 0 saturated heterocycles. The molecule has 1 saturated carbocycles. The van der Waals surface area contributed by atoms with E-state index in [-0.39, 0.29) is 17.8 Å². The van der Waals surface area contributed by atoms with Crippen molar-refractivity contribution in [2.24, 2.45) is 5.92 Å². The second-order valence-corrected chi connectivity index (χ2v) is 5.36. The number of nitrogens with one attached hydrogen (secondary N) is 1. The molecule has 4 nitrogen and oxygen atoms in total. The monoisotopic (exact) mass is 303 g/mol. The molecule has 0 radical (unpaired) electrons. The Labute approximate surface area is 122 Å². The van der Waals surface area contributed by atoms with Crippen LogP contribution in [-0.2, 0) is 6.18 Å². The molecule has 1 aliphatic rings. The summed E-state index contributed by atoms with van der Waals surface area (Å²) in [5, 5.41) is 2.78. The summed E-state index contributed by atoms with van der Waals surface area (Å²) >= 11 is 0. The highest BCUT2D eigenvalue weighted by Gasteiger charge is 2.36. The van der Waals surface area contributed by atoms with Crippen LogP contribution in [0.15, 0.2) is 6.07 Å². The van der Waals surface area contributed by atoms with Crippen LogP contribution in [0.2, 0.25) is 0 Å². The molecule has 2 rings (SSSR count). The summed E-state index contributed by atoms with van der Waals surface area (Å²) in [5.41, 5.74) is 0. The zero-order valence-electron chi connectivity index (χ0n) is 12.2. The van der Waals surface area contributed by atoms with E-state index in [0.29, 0.717) is 12.5 Å². The van der Waals surface area contributed by atoms with Crippen molar-refractivity contribution >= 4 is 5.82 Å². The van der Waals surface area contributed by atoms with Crippen LogP contribution in [0.4, 0.5) is 19.0 Å². The molecule has 7 heteroatoms. The average molecular weight is 303 g/mol. The quantitative estimate of drug-likeness (QED) is 0.917. The van der Waals surface area contributed by atoms with Crippen molar-refractivity contribution in [1.82, 2.24) is 9.97 Å². The molecule has 1 heterocycles. The topological polar surface area (TPSA) is 47.0 Å². The van der Waals surface area contributed by atoms with E-state index >= 15 is 0 Å². The number of aromatic nitrogens is 2. The molecule has 0 aromatic carbocycles. The van der Waals surface area contributed by atoms with E-state index in [1.165, 1.54) is 6.07 Å². The summed E-state index contributed by atoms with van der Waals surface area (Å²) in [4.78, 5) is 7.00. The maximum atomic E-state index is 12.8. The predicted molar refractivity (Wildman–Crippen MR) is 73.2 cm³/mol. The van der Waals surface area contributed by atoms with Gasteiger partial charge in [0, 0.05) is 12.6 Å². The molecular formula is C14H20F3N3O. The van der Waals surface area contributed by atoms with Gasteiger partial charge in [-0.15, -0.1) is 0 Å². The summed E-state index contributed by atoms with van der Waals surface area (Å²) in [6.07, 6.45) is -0.607. The van der Waals surface area contributed by atoms with Crippen molar-refractivity contribution in [3.63, 3.8) is 0 Å². The Kier molecular flexibility index (Phi) is 4.90. The fraction of sp³-hybridized carbons (Fsp3) is 0.714. The van der Waals surface area contributed by atoms with E-state index in [9.17, 15) is 13.2 Å². The Morgan fingerprint density at radius 3 is 2.62 bits per heavy atom. The highest BCUT2D eigenvalue weighted by Crippen LogP contribution is 2.31. The lowest BCUT2D eigenvalue weighted by molar-refractivity contribution is -0.145. The van der Waals surface area contributed by atoms with Gasteiger partial charge in [-0.25, -0.2) is 4.98 Å². The SMILES string of the molecule is CCNc1cc(OC2CCCCC2C)nc(C(F)(F)F)n1. The zero-order chi connectivity index (χ0) is 15.5. The average Bonchev–Trinajstić information content (AvgIpc) is 2.41. The Hall–Kier alpha value is -1.53. The number of hydrogen-bond donors (Lipinski definition) is 1. The van der Waals surface area contributed by atoms with Gasteiger partial charge < -0.3 is 10.1 Å². The van der Waals surface area contributed by atoms with Crippen LogP contribution in [-0.4, -0.2) is 22.6 Å². The number of halogens is 3. The third kappa shape index (κ3) is 4.22. The van der Waals surface area contributed by atoms with Gasteiger partial charge >= 0.3 is 6.18 Å². The van der Waals surface area contributed by atoms with Crippen LogP contribution in [0.3, 0.4) is 0 Å². The number of ether oxygens (including phenoxy) is 1. The van der Waals surface area contributed by atoms with Gasteiger partial charge in [0.05, 0.1) is 0 Å². The predicted octanol–water partition coefficient (Wildman–Crippen LogP) is 3.88. The highest BCUT2D eigenvalue weighted by molar-refractivity contribution is 5.38. The van der Waals surface area contributed by atoms with Crippen LogP contribution in [0.1, 0.15) is 45.4 Å². The van der Waals surface area contributed by atoms with Crippen LogP contribution < -0.4 is 10.1 Å². The van der Waals surface area contributed by atoms with E-state index in [1.807, 2.05) is 0 Å². The molecule has 1 aliphatic carbocycles. The second kappa shape index (κ2) is 6.49. The molecule has 0 spiro atoms.